The van der Waals surface area contributed by atoms with Gasteiger partial charge >= 0.3 is 12.1 Å². The molecule has 24 heavy (non-hydrogen) atoms. The normalized spacial score (nSPS) is 12.3. The molecule has 0 radical (unpaired) electrons. The van der Waals surface area contributed by atoms with E-state index in [1.165, 1.54) is 5.56 Å². The summed E-state index contributed by atoms with van der Waals surface area (Å²) in [7, 11) is 0. The van der Waals surface area contributed by atoms with Gasteiger partial charge in [0.1, 0.15) is 13.2 Å². The summed E-state index contributed by atoms with van der Waals surface area (Å²) < 4.78 is 14.6. The van der Waals surface area contributed by atoms with Crippen LogP contribution in [0.25, 0.3) is 0 Å². The van der Waals surface area contributed by atoms with Crippen LogP contribution in [-0.4, -0.2) is 36.9 Å². The average molecular weight is 337 g/mol. The van der Waals surface area contributed by atoms with Gasteiger partial charge in [0.15, 0.2) is 0 Å². The van der Waals surface area contributed by atoms with E-state index in [0.29, 0.717) is 6.42 Å². The molecule has 6 nitrogen and oxygen atoms in total. The Kier molecular flexibility index (Phi) is 8.22. The van der Waals surface area contributed by atoms with E-state index in [-0.39, 0.29) is 31.7 Å². The van der Waals surface area contributed by atoms with E-state index in [4.69, 9.17) is 9.47 Å². The molecule has 1 atom stereocenters. The minimum atomic E-state index is -0.753. The van der Waals surface area contributed by atoms with Gasteiger partial charge in [-0.25, -0.2) is 4.79 Å². The molecule has 0 amide bonds. The summed E-state index contributed by atoms with van der Waals surface area (Å²) in [4.78, 5) is 27.4. The third-order valence-corrected chi connectivity index (χ3v) is 3.78. The van der Waals surface area contributed by atoms with Crippen molar-refractivity contribution >= 4 is 12.1 Å². The molecule has 0 N–H and O–H groups in total. The van der Waals surface area contributed by atoms with Crippen LogP contribution < -0.4 is 0 Å². The predicted octanol–water partition coefficient (Wildman–Crippen LogP) is 3.71. The Labute approximate surface area is 143 Å². The molecule has 0 aliphatic carbocycles. The molecule has 134 valence electrons. The van der Waals surface area contributed by atoms with Crippen LogP contribution in [0, 0.1) is 5.41 Å². The lowest BCUT2D eigenvalue weighted by molar-refractivity contribution is -0.155. The summed E-state index contributed by atoms with van der Waals surface area (Å²) in [5, 5.41) is 0. The van der Waals surface area contributed by atoms with Crippen molar-refractivity contribution in [3.8, 4) is 0 Å². The number of hydrogen-bond donors (Lipinski definition) is 0. The maximum atomic E-state index is 12.3. The third-order valence-electron chi connectivity index (χ3n) is 3.78. The highest BCUT2D eigenvalue weighted by molar-refractivity contribution is 5.76. The smallest absolute Gasteiger partial charge is 0.462 e. The van der Waals surface area contributed by atoms with Crippen LogP contribution in [0.1, 0.15) is 52.0 Å². The Hall–Kier alpha value is -2.11. The number of hydrogen-bond acceptors (Lipinski definition) is 6. The van der Waals surface area contributed by atoms with Crippen molar-refractivity contribution in [1.29, 1.82) is 0 Å². The third kappa shape index (κ3) is 6.56. The number of aromatic nitrogens is 1. The topological polar surface area (TPSA) is 74.7 Å². The second kappa shape index (κ2) is 9.90. The fourth-order valence-electron chi connectivity index (χ4n) is 2.45. The Morgan fingerprint density at radius 3 is 2.29 bits per heavy atom. The molecular formula is C18H27NO5. The van der Waals surface area contributed by atoms with Crippen molar-refractivity contribution in [2.75, 3.05) is 19.8 Å². The van der Waals surface area contributed by atoms with Crippen molar-refractivity contribution in [2.24, 2.45) is 5.41 Å². The number of nitrogens with zero attached hydrogens (tertiary/aromatic N) is 1. The molecule has 1 unspecified atom stereocenters. The summed E-state index contributed by atoms with van der Waals surface area (Å²) in [6, 6.07) is 3.95. The van der Waals surface area contributed by atoms with Crippen molar-refractivity contribution < 1.29 is 23.8 Å². The summed E-state index contributed by atoms with van der Waals surface area (Å²) in [5.41, 5.74) is 0.535. The lowest BCUT2D eigenvalue weighted by Crippen LogP contribution is -2.30. The molecule has 1 aromatic heterocycles. The first-order valence-corrected chi connectivity index (χ1v) is 8.27. The van der Waals surface area contributed by atoms with Crippen LogP contribution in [0.4, 0.5) is 4.79 Å². The van der Waals surface area contributed by atoms with E-state index >= 15 is 0 Å². The SMILES string of the molecule is CCOC(=O)OCCOC(=O)C(C)(C)CC(CC)c1ccncc1. The molecule has 0 bridgehead atoms. The molecule has 0 spiro atoms. The molecule has 6 heteroatoms. The van der Waals surface area contributed by atoms with Crippen LogP contribution in [0.15, 0.2) is 24.5 Å². The van der Waals surface area contributed by atoms with Gasteiger partial charge in [-0.05, 0) is 57.2 Å². The molecule has 0 saturated heterocycles. The maximum absolute atomic E-state index is 12.3. The first kappa shape index (κ1) is 19.9. The average Bonchev–Trinajstić information content (AvgIpc) is 2.57. The molecule has 1 heterocycles. The predicted molar refractivity (Wildman–Crippen MR) is 89.6 cm³/mol. The number of rotatable bonds is 9. The minimum absolute atomic E-state index is 0.0117. The van der Waals surface area contributed by atoms with E-state index in [2.05, 4.69) is 16.6 Å². The zero-order valence-corrected chi connectivity index (χ0v) is 14.9. The lowest BCUT2D eigenvalue weighted by atomic mass is 9.79. The number of carbonyl (C=O) groups is 2. The molecule has 0 aliphatic rings. The largest absolute Gasteiger partial charge is 0.508 e. The van der Waals surface area contributed by atoms with Gasteiger partial charge in [-0.3, -0.25) is 9.78 Å². The van der Waals surface area contributed by atoms with Gasteiger partial charge in [-0.15, -0.1) is 0 Å². The van der Waals surface area contributed by atoms with Crippen molar-refractivity contribution in [3.63, 3.8) is 0 Å². The van der Waals surface area contributed by atoms with E-state index in [1.54, 1.807) is 19.3 Å². The van der Waals surface area contributed by atoms with Gasteiger partial charge < -0.3 is 14.2 Å². The first-order valence-electron chi connectivity index (χ1n) is 8.27. The summed E-state index contributed by atoms with van der Waals surface area (Å²) >= 11 is 0. The lowest BCUT2D eigenvalue weighted by Gasteiger charge is -2.27. The van der Waals surface area contributed by atoms with Gasteiger partial charge in [0.05, 0.1) is 12.0 Å². The van der Waals surface area contributed by atoms with Gasteiger partial charge in [-0.1, -0.05) is 6.92 Å². The Bertz CT molecular complexity index is 515. The second-order valence-electron chi connectivity index (χ2n) is 6.14. The van der Waals surface area contributed by atoms with Crippen molar-refractivity contribution in [2.45, 2.75) is 46.5 Å². The van der Waals surface area contributed by atoms with Crippen LogP contribution >= 0.6 is 0 Å². The molecule has 0 aliphatic heterocycles. The standard InChI is InChI=1S/C18H27NO5/c1-5-14(15-7-9-19-10-8-15)13-18(3,4)16(20)23-11-12-24-17(21)22-6-2/h7-10,14H,5-6,11-13H2,1-4H3. The highest BCUT2D eigenvalue weighted by atomic mass is 16.7. The number of esters is 1. The zero-order valence-electron chi connectivity index (χ0n) is 14.9. The van der Waals surface area contributed by atoms with E-state index < -0.39 is 11.6 Å². The zero-order chi connectivity index (χ0) is 18.0. The van der Waals surface area contributed by atoms with Crippen molar-refractivity contribution in [1.82, 2.24) is 4.98 Å². The van der Waals surface area contributed by atoms with E-state index in [1.807, 2.05) is 26.0 Å². The van der Waals surface area contributed by atoms with Crippen LogP contribution in [0.2, 0.25) is 0 Å². The minimum Gasteiger partial charge on any atom is -0.462 e. The van der Waals surface area contributed by atoms with E-state index in [0.717, 1.165) is 6.42 Å². The Morgan fingerprint density at radius 2 is 1.71 bits per heavy atom. The number of carbonyl (C=O) groups excluding carboxylic acids is 2. The first-order chi connectivity index (χ1) is 11.4. The van der Waals surface area contributed by atoms with Crippen LogP contribution in [0.5, 0.6) is 0 Å². The highest BCUT2D eigenvalue weighted by Gasteiger charge is 2.32. The fraction of sp³-hybridized carbons (Fsp3) is 0.611. The Balaban J connectivity index is 2.48. The maximum Gasteiger partial charge on any atom is 0.508 e. The number of ether oxygens (including phenoxy) is 3. The highest BCUT2D eigenvalue weighted by Crippen LogP contribution is 2.34. The van der Waals surface area contributed by atoms with Gasteiger partial charge in [0.2, 0.25) is 0 Å². The molecular weight excluding hydrogens is 310 g/mol. The van der Waals surface area contributed by atoms with Crippen molar-refractivity contribution in [3.05, 3.63) is 30.1 Å². The fourth-order valence-corrected chi connectivity index (χ4v) is 2.45. The monoisotopic (exact) mass is 337 g/mol. The van der Waals surface area contributed by atoms with Gasteiger partial charge in [-0.2, -0.15) is 0 Å². The summed E-state index contributed by atoms with van der Waals surface area (Å²) in [5.74, 6) is -0.0474. The number of pyridine rings is 1. The Morgan fingerprint density at radius 1 is 1.08 bits per heavy atom. The summed E-state index contributed by atoms with van der Waals surface area (Å²) in [6.07, 6.45) is 4.36. The second-order valence-corrected chi connectivity index (χ2v) is 6.14. The molecule has 0 saturated carbocycles. The molecule has 1 aromatic rings. The summed E-state index contributed by atoms with van der Waals surface area (Å²) in [6.45, 7) is 7.78. The van der Waals surface area contributed by atoms with Crippen LogP contribution in [-0.2, 0) is 19.0 Å². The molecule has 0 aromatic carbocycles. The van der Waals surface area contributed by atoms with Crippen LogP contribution in [0.3, 0.4) is 0 Å². The van der Waals surface area contributed by atoms with Gasteiger partial charge in [0.25, 0.3) is 0 Å². The van der Waals surface area contributed by atoms with Gasteiger partial charge in [0, 0.05) is 12.4 Å². The van der Waals surface area contributed by atoms with E-state index in [9.17, 15) is 9.59 Å². The molecule has 1 rings (SSSR count). The quantitative estimate of drug-likeness (QED) is 0.505. The molecule has 0 fully saturated rings.